The number of carbonyl (C=O) groups excluding carboxylic acids is 1. The maximum Gasteiger partial charge on any atom is 0.417 e. The minimum Gasteiger partial charge on any atom is -0.457 e. The summed E-state index contributed by atoms with van der Waals surface area (Å²) in [5, 5.41) is 6.23. The number of rotatable bonds is 9. The number of benzene rings is 2. The van der Waals surface area contributed by atoms with Crippen molar-refractivity contribution in [3.8, 4) is 22.8 Å². The number of carbonyl (C=O) groups is 1. The Morgan fingerprint density at radius 3 is 2.31 bits per heavy atom. The number of nitrogens with zero attached hydrogens (tertiary/aromatic N) is 3. The molecule has 2 aromatic carbocycles. The molecule has 48 heavy (non-hydrogen) atoms. The first-order valence-corrected chi connectivity index (χ1v) is 16.6. The molecule has 0 radical (unpaired) electrons. The van der Waals surface area contributed by atoms with Crippen molar-refractivity contribution in [3.05, 3.63) is 84.8 Å². The maximum atomic E-state index is 14.1. The fraction of sp³-hybridized carbons (Fsp3) is 0.333. The van der Waals surface area contributed by atoms with Crippen LogP contribution in [-0.2, 0) is 20.9 Å². The van der Waals surface area contributed by atoms with Gasteiger partial charge in [-0.3, -0.25) is 9.71 Å². The first-order valence-electron chi connectivity index (χ1n) is 15.2. The van der Waals surface area contributed by atoms with Crippen LogP contribution in [0.3, 0.4) is 0 Å². The Bertz CT molecular complexity index is 1840. The van der Waals surface area contributed by atoms with Crippen LogP contribution in [0.15, 0.2) is 84.1 Å². The molecule has 0 atom stereocenters. The van der Waals surface area contributed by atoms with E-state index in [4.69, 9.17) is 9.47 Å². The lowest BCUT2D eigenvalue weighted by Gasteiger charge is -2.30. The molecule has 254 valence electrons. The number of anilines is 2. The van der Waals surface area contributed by atoms with E-state index in [1.165, 1.54) is 36.8 Å². The van der Waals surface area contributed by atoms with Gasteiger partial charge in [0.1, 0.15) is 17.1 Å². The van der Waals surface area contributed by atoms with Crippen LogP contribution >= 0.6 is 0 Å². The van der Waals surface area contributed by atoms with E-state index in [2.05, 4.69) is 30.3 Å². The van der Waals surface area contributed by atoms with Crippen LogP contribution in [-0.4, -0.2) is 47.1 Å². The molecule has 15 heteroatoms. The number of sulfonamides is 1. The summed E-state index contributed by atoms with van der Waals surface area (Å²) in [7, 11) is -4.58. The maximum absolute atomic E-state index is 14.1. The average molecular weight is 685 g/mol. The van der Waals surface area contributed by atoms with E-state index in [-0.39, 0.29) is 29.3 Å². The van der Waals surface area contributed by atoms with Gasteiger partial charge < -0.3 is 20.1 Å². The lowest BCUT2D eigenvalue weighted by atomic mass is 9.91. The number of hydrogen-bond donors (Lipinski definition) is 3. The lowest BCUT2D eigenvalue weighted by molar-refractivity contribution is -0.140. The van der Waals surface area contributed by atoms with Gasteiger partial charge in [-0.25, -0.2) is 23.2 Å². The largest absolute Gasteiger partial charge is 0.457 e. The van der Waals surface area contributed by atoms with Gasteiger partial charge in [-0.1, -0.05) is 18.2 Å². The third-order valence-corrected chi connectivity index (χ3v) is 8.73. The zero-order valence-electron chi connectivity index (χ0n) is 26.4. The number of aromatic nitrogens is 3. The molecule has 1 aliphatic carbocycles. The topological polar surface area (TPSA) is 144 Å². The minimum absolute atomic E-state index is 0.00702. The summed E-state index contributed by atoms with van der Waals surface area (Å²) in [6.07, 6.45) is 1.95. The minimum atomic E-state index is -5.00. The molecule has 0 bridgehead atoms. The quantitative estimate of drug-likeness (QED) is 0.164. The second-order valence-corrected chi connectivity index (χ2v) is 13.9. The normalized spacial score (nSPS) is 16.9. The first-order chi connectivity index (χ1) is 22.7. The zero-order valence-corrected chi connectivity index (χ0v) is 27.2. The Morgan fingerprint density at radius 2 is 1.62 bits per heavy atom. The molecule has 0 spiro atoms. The highest BCUT2D eigenvalue weighted by Crippen LogP contribution is 2.39. The standard InChI is InChI=1S/C33H35F3N6O5S/c1-32(2,3)47-31(43)40-22-11-9-21(10-12-22)39-30-38-18-15-27(41-30)25-20-37-17-16-28(25)46-24-13-14-29(26(19-24)33(34,35)36)48(44,45)42-23-7-5-4-6-8-23/h4-8,13-22,42H,9-12H2,1-3H3,(H,40,43)(H,38,39,41). The van der Waals surface area contributed by atoms with E-state index in [0.29, 0.717) is 23.3 Å². The van der Waals surface area contributed by atoms with Crippen LogP contribution in [0, 0.1) is 0 Å². The molecule has 0 saturated heterocycles. The highest BCUT2D eigenvalue weighted by molar-refractivity contribution is 7.92. The van der Waals surface area contributed by atoms with Gasteiger partial charge in [-0.05, 0) is 88.9 Å². The van der Waals surface area contributed by atoms with Crippen molar-refractivity contribution >= 4 is 27.8 Å². The van der Waals surface area contributed by atoms with Crippen molar-refractivity contribution in [2.45, 2.75) is 75.2 Å². The molecule has 0 unspecified atom stereocenters. The molecule has 1 saturated carbocycles. The van der Waals surface area contributed by atoms with Crippen LogP contribution in [0.4, 0.5) is 29.6 Å². The van der Waals surface area contributed by atoms with Gasteiger partial charge in [-0.2, -0.15) is 13.2 Å². The Morgan fingerprint density at radius 1 is 0.917 bits per heavy atom. The third-order valence-electron chi connectivity index (χ3n) is 7.29. The Balaban J connectivity index is 1.30. The summed E-state index contributed by atoms with van der Waals surface area (Å²) < 4.78 is 81.7. The molecule has 3 N–H and O–H groups in total. The van der Waals surface area contributed by atoms with Crippen molar-refractivity contribution < 1.29 is 35.9 Å². The molecule has 11 nitrogen and oxygen atoms in total. The summed E-state index contributed by atoms with van der Waals surface area (Å²) in [5.74, 6) is 0.248. The van der Waals surface area contributed by atoms with Crippen LogP contribution in [0.2, 0.25) is 0 Å². The molecule has 1 fully saturated rings. The van der Waals surface area contributed by atoms with Crippen LogP contribution in [0.5, 0.6) is 11.5 Å². The van der Waals surface area contributed by atoms with Gasteiger partial charge in [0.2, 0.25) is 5.95 Å². The smallest absolute Gasteiger partial charge is 0.417 e. The Labute approximate surface area is 276 Å². The molecule has 0 aliphatic heterocycles. The molecular weight excluding hydrogens is 649 g/mol. The fourth-order valence-corrected chi connectivity index (χ4v) is 6.42. The molecule has 5 rings (SSSR count). The van der Waals surface area contributed by atoms with Crippen molar-refractivity contribution in [3.63, 3.8) is 0 Å². The summed E-state index contributed by atoms with van der Waals surface area (Å²) in [4.78, 5) is 24.2. The zero-order chi connectivity index (χ0) is 34.5. The molecule has 4 aromatic rings. The highest BCUT2D eigenvalue weighted by atomic mass is 32.2. The predicted molar refractivity (Wildman–Crippen MR) is 173 cm³/mol. The van der Waals surface area contributed by atoms with Crippen molar-refractivity contribution in [1.82, 2.24) is 20.3 Å². The van der Waals surface area contributed by atoms with Crippen LogP contribution in [0.1, 0.15) is 52.0 Å². The SMILES string of the molecule is CC(C)(C)OC(=O)NC1CCC(Nc2nccc(-c3cnccc3Oc3ccc(S(=O)(=O)Nc4ccccc4)c(C(F)(F)F)c3)n2)CC1. The summed E-state index contributed by atoms with van der Waals surface area (Å²) >= 11 is 0. The van der Waals surface area contributed by atoms with E-state index in [9.17, 15) is 26.4 Å². The molecule has 1 aliphatic rings. The van der Waals surface area contributed by atoms with E-state index in [1.807, 2.05) is 20.8 Å². The molecular formula is C33H35F3N6O5S. The third kappa shape index (κ3) is 9.12. The molecule has 2 aromatic heterocycles. The summed E-state index contributed by atoms with van der Waals surface area (Å²) in [5.41, 5.74) is -1.06. The molecule has 1 amide bonds. The Kier molecular flexibility index (Phi) is 10.1. The van der Waals surface area contributed by atoms with Gasteiger partial charge in [0.05, 0.1) is 21.7 Å². The number of hydrogen-bond acceptors (Lipinski definition) is 9. The van der Waals surface area contributed by atoms with Gasteiger partial charge in [0.25, 0.3) is 10.0 Å². The van der Waals surface area contributed by atoms with E-state index in [0.717, 1.165) is 37.8 Å². The number of nitrogens with one attached hydrogen (secondary N) is 3. The van der Waals surface area contributed by atoms with E-state index >= 15 is 0 Å². The Hall–Kier alpha value is -4.92. The van der Waals surface area contributed by atoms with Crippen molar-refractivity contribution in [1.29, 1.82) is 0 Å². The number of alkyl carbamates (subject to hydrolysis) is 1. The van der Waals surface area contributed by atoms with Gasteiger partial charge >= 0.3 is 12.3 Å². The second-order valence-electron chi connectivity index (χ2n) is 12.2. The monoisotopic (exact) mass is 684 g/mol. The van der Waals surface area contributed by atoms with Crippen molar-refractivity contribution in [2.24, 2.45) is 0 Å². The highest BCUT2D eigenvalue weighted by Gasteiger charge is 2.38. The number of pyridine rings is 1. The number of para-hydroxylation sites is 1. The fourth-order valence-electron chi connectivity index (χ4n) is 5.15. The van der Waals surface area contributed by atoms with Gasteiger partial charge in [-0.15, -0.1) is 0 Å². The lowest BCUT2D eigenvalue weighted by Crippen LogP contribution is -2.42. The van der Waals surface area contributed by atoms with Gasteiger partial charge in [0, 0.05) is 36.4 Å². The number of amides is 1. The second kappa shape index (κ2) is 14.1. The van der Waals surface area contributed by atoms with E-state index < -0.39 is 38.4 Å². The predicted octanol–water partition coefficient (Wildman–Crippen LogP) is 7.40. The van der Waals surface area contributed by atoms with Crippen LogP contribution in [0.25, 0.3) is 11.3 Å². The number of ether oxygens (including phenoxy) is 2. The van der Waals surface area contributed by atoms with E-state index in [1.54, 1.807) is 24.3 Å². The first kappa shape index (κ1) is 34.4. The summed E-state index contributed by atoms with van der Waals surface area (Å²) in [6.45, 7) is 5.43. The van der Waals surface area contributed by atoms with Gasteiger partial charge in [0.15, 0.2) is 0 Å². The number of halogens is 3. The average Bonchev–Trinajstić information content (AvgIpc) is 3.01. The molecule has 2 heterocycles. The summed E-state index contributed by atoms with van der Waals surface area (Å²) in [6, 6.07) is 13.4. The van der Waals surface area contributed by atoms with Crippen molar-refractivity contribution in [2.75, 3.05) is 10.0 Å². The van der Waals surface area contributed by atoms with Crippen LogP contribution < -0.4 is 20.1 Å². The number of alkyl halides is 3.